The molecule has 0 spiro atoms. The number of aromatic nitrogens is 1. The maximum Gasteiger partial charge on any atom is 0.223 e. The van der Waals surface area contributed by atoms with Crippen LogP contribution in [-0.4, -0.2) is 29.9 Å². The molecule has 0 fully saturated rings. The van der Waals surface area contributed by atoms with Crippen LogP contribution in [0.25, 0.3) is 0 Å². The molecule has 2 amide bonds. The zero-order valence-electron chi connectivity index (χ0n) is 19.9. The second-order valence-corrected chi connectivity index (χ2v) is 8.40. The van der Waals surface area contributed by atoms with Crippen LogP contribution in [0.1, 0.15) is 80.3 Å². The number of nitrogens with two attached hydrogens (primary N) is 1. The van der Waals surface area contributed by atoms with Gasteiger partial charge in [0.05, 0.1) is 12.2 Å². The van der Waals surface area contributed by atoms with Gasteiger partial charge in [-0.1, -0.05) is 67.9 Å². The van der Waals surface area contributed by atoms with Crippen molar-refractivity contribution in [2.75, 3.05) is 13.1 Å². The van der Waals surface area contributed by atoms with Gasteiger partial charge in [-0.2, -0.15) is 0 Å². The Labute approximate surface area is 191 Å². The maximum atomic E-state index is 12.0. The molecule has 1 rings (SSSR count). The third kappa shape index (κ3) is 13.9. The summed E-state index contributed by atoms with van der Waals surface area (Å²) in [4.78, 5) is 27.8. The van der Waals surface area contributed by atoms with Gasteiger partial charge in [0.1, 0.15) is 0 Å². The SMILES string of the molecule is C.CCC[C@@H](C(=O)NCCN)C(C)C.CCC[C@@H](C(=O)NCc1ccccn1)C(C)C. The number of rotatable bonds is 12. The molecule has 0 aliphatic carbocycles. The highest BCUT2D eigenvalue weighted by atomic mass is 16.2. The number of amides is 2. The van der Waals surface area contributed by atoms with Crippen molar-refractivity contribution in [2.45, 2.75) is 81.2 Å². The van der Waals surface area contributed by atoms with Gasteiger partial charge in [-0.3, -0.25) is 14.6 Å². The van der Waals surface area contributed by atoms with Crippen LogP contribution in [-0.2, 0) is 16.1 Å². The fourth-order valence-corrected chi connectivity index (χ4v) is 3.29. The first-order chi connectivity index (χ1) is 14.3. The predicted octanol–water partition coefficient (Wildman–Crippen LogP) is 4.54. The Kier molecular flexibility index (Phi) is 18.9. The monoisotopic (exact) mass is 436 g/mol. The number of nitrogens with zero attached hydrogens (tertiary/aromatic N) is 1. The van der Waals surface area contributed by atoms with E-state index in [9.17, 15) is 9.59 Å². The van der Waals surface area contributed by atoms with Crippen molar-refractivity contribution in [1.82, 2.24) is 15.6 Å². The molecule has 0 saturated heterocycles. The summed E-state index contributed by atoms with van der Waals surface area (Å²) in [5.74, 6) is 1.37. The lowest BCUT2D eigenvalue weighted by atomic mass is 9.90. The molecular formula is C25H48N4O2. The van der Waals surface area contributed by atoms with E-state index in [1.54, 1.807) is 6.20 Å². The molecule has 1 aromatic rings. The molecule has 0 saturated carbocycles. The van der Waals surface area contributed by atoms with Gasteiger partial charge in [-0.05, 0) is 36.8 Å². The smallest absolute Gasteiger partial charge is 0.223 e. The Morgan fingerprint density at radius 2 is 1.45 bits per heavy atom. The van der Waals surface area contributed by atoms with Crippen LogP contribution in [0.15, 0.2) is 24.4 Å². The van der Waals surface area contributed by atoms with E-state index in [4.69, 9.17) is 5.73 Å². The number of hydrogen-bond acceptors (Lipinski definition) is 4. The van der Waals surface area contributed by atoms with Crippen LogP contribution in [0.3, 0.4) is 0 Å². The number of carbonyl (C=O) groups is 2. The fraction of sp³-hybridized carbons (Fsp3) is 0.720. The molecule has 0 bridgehead atoms. The average Bonchev–Trinajstić information content (AvgIpc) is 2.73. The molecule has 31 heavy (non-hydrogen) atoms. The second kappa shape index (κ2) is 18.8. The standard InChI is InChI=1S/C14H22N2O.C10H22N2O.CH4/c1-4-7-13(11(2)3)14(17)16-10-12-8-5-6-9-15-12;1-4-5-9(8(2)3)10(13)12-7-6-11;/h5-6,8-9,11,13H,4,7,10H2,1-3H3,(H,16,17);8-9H,4-7,11H2,1-3H3,(H,12,13);1H4/t13-;9-;/m11./s1. The van der Waals surface area contributed by atoms with Crippen molar-refractivity contribution in [1.29, 1.82) is 0 Å². The molecule has 6 nitrogen and oxygen atoms in total. The van der Waals surface area contributed by atoms with Gasteiger partial charge in [-0.25, -0.2) is 0 Å². The molecule has 0 aliphatic rings. The van der Waals surface area contributed by atoms with Gasteiger partial charge < -0.3 is 16.4 Å². The van der Waals surface area contributed by atoms with Crippen molar-refractivity contribution < 1.29 is 9.59 Å². The van der Waals surface area contributed by atoms with Gasteiger partial charge in [0.15, 0.2) is 0 Å². The van der Waals surface area contributed by atoms with Crippen LogP contribution < -0.4 is 16.4 Å². The molecule has 1 aromatic heterocycles. The van der Waals surface area contributed by atoms with Crippen LogP contribution in [0.2, 0.25) is 0 Å². The molecule has 6 heteroatoms. The number of nitrogens with one attached hydrogen (secondary N) is 2. The number of hydrogen-bond donors (Lipinski definition) is 3. The van der Waals surface area contributed by atoms with Crippen molar-refractivity contribution in [3.63, 3.8) is 0 Å². The topological polar surface area (TPSA) is 97.1 Å². The fourth-order valence-electron chi connectivity index (χ4n) is 3.29. The number of pyridine rings is 1. The highest BCUT2D eigenvalue weighted by Gasteiger charge is 2.21. The highest BCUT2D eigenvalue weighted by molar-refractivity contribution is 5.79. The van der Waals surface area contributed by atoms with Crippen molar-refractivity contribution in [3.05, 3.63) is 30.1 Å². The molecule has 0 aromatic carbocycles. The summed E-state index contributed by atoms with van der Waals surface area (Å²) in [5.41, 5.74) is 6.21. The molecule has 4 N–H and O–H groups in total. The van der Waals surface area contributed by atoms with Crippen LogP contribution in [0.4, 0.5) is 0 Å². The lowest BCUT2D eigenvalue weighted by Gasteiger charge is -2.19. The Morgan fingerprint density at radius 3 is 1.84 bits per heavy atom. The molecule has 2 atom stereocenters. The summed E-state index contributed by atoms with van der Waals surface area (Å²) < 4.78 is 0. The van der Waals surface area contributed by atoms with Crippen LogP contribution in [0.5, 0.6) is 0 Å². The van der Waals surface area contributed by atoms with Crippen molar-refractivity contribution >= 4 is 11.8 Å². The first kappa shape index (κ1) is 31.2. The zero-order valence-corrected chi connectivity index (χ0v) is 19.9. The van der Waals surface area contributed by atoms with E-state index in [1.165, 1.54) is 0 Å². The Hall–Kier alpha value is -1.95. The molecular weight excluding hydrogens is 388 g/mol. The van der Waals surface area contributed by atoms with Gasteiger partial charge in [-0.15, -0.1) is 0 Å². The van der Waals surface area contributed by atoms with E-state index >= 15 is 0 Å². The molecule has 0 radical (unpaired) electrons. The van der Waals surface area contributed by atoms with E-state index in [2.05, 4.69) is 57.2 Å². The normalized spacial score (nSPS) is 12.3. The van der Waals surface area contributed by atoms with E-state index < -0.39 is 0 Å². The third-order valence-corrected chi connectivity index (χ3v) is 5.10. The van der Waals surface area contributed by atoms with Crippen LogP contribution in [0, 0.1) is 23.7 Å². The van der Waals surface area contributed by atoms with E-state index in [1.807, 2.05) is 18.2 Å². The summed E-state index contributed by atoms with van der Waals surface area (Å²) in [6.45, 7) is 14.2. The summed E-state index contributed by atoms with van der Waals surface area (Å²) in [6, 6.07) is 5.73. The van der Waals surface area contributed by atoms with Gasteiger partial charge in [0.25, 0.3) is 0 Å². The summed E-state index contributed by atoms with van der Waals surface area (Å²) in [7, 11) is 0. The minimum absolute atomic E-state index is 0. The van der Waals surface area contributed by atoms with Crippen molar-refractivity contribution in [3.8, 4) is 0 Å². The predicted molar refractivity (Wildman–Crippen MR) is 131 cm³/mol. The average molecular weight is 437 g/mol. The van der Waals surface area contributed by atoms with Crippen LogP contribution >= 0.6 is 0 Å². The zero-order chi connectivity index (χ0) is 22.9. The van der Waals surface area contributed by atoms with Gasteiger partial charge in [0.2, 0.25) is 11.8 Å². The third-order valence-electron chi connectivity index (χ3n) is 5.10. The van der Waals surface area contributed by atoms with E-state index in [-0.39, 0.29) is 31.1 Å². The Balaban J connectivity index is 0. The van der Waals surface area contributed by atoms with E-state index in [0.29, 0.717) is 31.5 Å². The lowest BCUT2D eigenvalue weighted by Crippen LogP contribution is -2.36. The molecule has 0 aliphatic heterocycles. The summed E-state index contributed by atoms with van der Waals surface area (Å²) in [6.07, 6.45) is 5.76. The highest BCUT2D eigenvalue weighted by Crippen LogP contribution is 2.17. The van der Waals surface area contributed by atoms with Gasteiger partial charge in [0, 0.05) is 31.1 Å². The van der Waals surface area contributed by atoms with Crippen molar-refractivity contribution in [2.24, 2.45) is 29.4 Å². The first-order valence-electron chi connectivity index (χ1n) is 11.4. The minimum atomic E-state index is 0. The maximum absolute atomic E-state index is 12.0. The van der Waals surface area contributed by atoms with E-state index in [0.717, 1.165) is 31.4 Å². The summed E-state index contributed by atoms with van der Waals surface area (Å²) >= 11 is 0. The summed E-state index contributed by atoms with van der Waals surface area (Å²) in [5, 5.41) is 5.80. The minimum Gasteiger partial charge on any atom is -0.355 e. The Bertz CT molecular complexity index is 576. The first-order valence-corrected chi connectivity index (χ1v) is 11.4. The Morgan fingerprint density at radius 1 is 0.935 bits per heavy atom. The molecule has 180 valence electrons. The lowest BCUT2D eigenvalue weighted by molar-refractivity contribution is -0.127. The molecule has 1 heterocycles. The quantitative estimate of drug-likeness (QED) is 0.448. The molecule has 0 unspecified atom stereocenters. The van der Waals surface area contributed by atoms with Gasteiger partial charge >= 0.3 is 0 Å². The largest absolute Gasteiger partial charge is 0.355 e. The number of carbonyl (C=O) groups excluding carboxylic acids is 2. The second-order valence-electron chi connectivity index (χ2n) is 8.40.